The fourth-order valence-corrected chi connectivity index (χ4v) is 3.32. The summed E-state index contributed by atoms with van der Waals surface area (Å²) in [6, 6.07) is 12.9. The number of hydrogen-bond donors (Lipinski definition) is 2. The number of nitrogens with one attached hydrogen (secondary N) is 2. The summed E-state index contributed by atoms with van der Waals surface area (Å²) >= 11 is 12.0. The van der Waals surface area contributed by atoms with Gasteiger partial charge in [-0.3, -0.25) is 0 Å². The fourth-order valence-electron chi connectivity index (χ4n) is 3.03. The maximum atomic E-state index is 12.1. The molecule has 2 aromatic rings. The van der Waals surface area contributed by atoms with Crippen molar-refractivity contribution in [2.45, 2.75) is 19.0 Å². The first-order chi connectivity index (χ1) is 12.5. The van der Waals surface area contributed by atoms with Gasteiger partial charge in [0.05, 0.1) is 12.8 Å². The highest BCUT2D eigenvalue weighted by Gasteiger charge is 2.26. The minimum absolute atomic E-state index is 0.0731. The van der Waals surface area contributed by atoms with Gasteiger partial charge in [0.1, 0.15) is 5.75 Å². The first-order valence-corrected chi connectivity index (χ1v) is 9.18. The summed E-state index contributed by atoms with van der Waals surface area (Å²) in [7, 11) is 1.64. The topological polar surface area (TPSA) is 53.6 Å². The number of amides is 2. The highest BCUT2D eigenvalue weighted by molar-refractivity contribution is 6.31. The van der Waals surface area contributed by atoms with Crippen LogP contribution in [0.1, 0.15) is 12.0 Å². The summed E-state index contributed by atoms with van der Waals surface area (Å²) in [5.74, 6) is 0.780. The molecule has 0 aromatic heterocycles. The third kappa shape index (κ3) is 4.74. The van der Waals surface area contributed by atoms with E-state index in [1.807, 2.05) is 36.4 Å². The number of nitrogens with zero attached hydrogens (tertiary/aromatic N) is 1. The van der Waals surface area contributed by atoms with Gasteiger partial charge in [0.2, 0.25) is 0 Å². The van der Waals surface area contributed by atoms with Gasteiger partial charge in [-0.1, -0.05) is 35.3 Å². The summed E-state index contributed by atoms with van der Waals surface area (Å²) in [5.41, 5.74) is 1.95. The molecule has 3 rings (SSSR count). The number of urea groups is 1. The molecule has 26 heavy (non-hydrogen) atoms. The third-order valence-corrected chi connectivity index (χ3v) is 4.86. The largest absolute Gasteiger partial charge is 0.495 e. The molecule has 1 heterocycles. The number of ether oxygens (including phenoxy) is 1. The maximum Gasteiger partial charge on any atom is 0.315 e. The van der Waals surface area contributed by atoms with E-state index in [0.29, 0.717) is 23.1 Å². The molecule has 0 saturated carbocycles. The summed E-state index contributed by atoms with van der Waals surface area (Å²) < 4.78 is 5.42. The maximum absolute atomic E-state index is 12.1. The average molecular weight is 394 g/mol. The summed E-state index contributed by atoms with van der Waals surface area (Å²) in [6.07, 6.45) is 0.865. The van der Waals surface area contributed by atoms with Crippen molar-refractivity contribution in [1.82, 2.24) is 10.6 Å². The second-order valence-electron chi connectivity index (χ2n) is 6.20. The van der Waals surface area contributed by atoms with Gasteiger partial charge < -0.3 is 20.3 Å². The molecule has 5 nitrogen and oxygen atoms in total. The molecule has 1 aliphatic heterocycles. The fraction of sp³-hybridized carbons (Fsp3) is 0.316. The highest BCUT2D eigenvalue weighted by atomic mass is 35.5. The van der Waals surface area contributed by atoms with Gasteiger partial charge in [-0.25, -0.2) is 4.79 Å². The Hall–Kier alpha value is -2.11. The highest BCUT2D eigenvalue weighted by Crippen LogP contribution is 2.33. The van der Waals surface area contributed by atoms with Gasteiger partial charge in [-0.2, -0.15) is 0 Å². The summed E-state index contributed by atoms with van der Waals surface area (Å²) in [5, 5.41) is 7.24. The molecule has 2 N–H and O–H groups in total. The Morgan fingerprint density at radius 1 is 1.19 bits per heavy atom. The Bertz CT molecular complexity index is 768. The number of hydrogen-bond acceptors (Lipinski definition) is 3. The van der Waals surface area contributed by atoms with Crippen LogP contribution in [0.3, 0.4) is 0 Å². The molecule has 2 amide bonds. The predicted molar refractivity (Wildman–Crippen MR) is 105 cm³/mol. The molecule has 0 bridgehead atoms. The van der Waals surface area contributed by atoms with Gasteiger partial charge in [-0.05, 0) is 42.3 Å². The zero-order valence-electron chi connectivity index (χ0n) is 14.5. The van der Waals surface area contributed by atoms with Crippen LogP contribution in [0.5, 0.6) is 5.75 Å². The Morgan fingerprint density at radius 3 is 2.65 bits per heavy atom. The second kappa shape index (κ2) is 8.52. The van der Waals surface area contributed by atoms with Crippen molar-refractivity contribution in [2.24, 2.45) is 0 Å². The summed E-state index contributed by atoms with van der Waals surface area (Å²) in [6.45, 7) is 2.01. The first-order valence-electron chi connectivity index (χ1n) is 8.42. The van der Waals surface area contributed by atoms with Crippen molar-refractivity contribution in [1.29, 1.82) is 0 Å². The molecule has 1 saturated heterocycles. The number of rotatable bonds is 5. The van der Waals surface area contributed by atoms with Gasteiger partial charge in [-0.15, -0.1) is 0 Å². The van der Waals surface area contributed by atoms with Gasteiger partial charge in [0, 0.05) is 35.7 Å². The average Bonchev–Trinajstić information content (AvgIpc) is 3.09. The van der Waals surface area contributed by atoms with E-state index < -0.39 is 0 Å². The smallest absolute Gasteiger partial charge is 0.315 e. The van der Waals surface area contributed by atoms with Gasteiger partial charge >= 0.3 is 6.03 Å². The molecule has 1 fully saturated rings. The van der Waals surface area contributed by atoms with Crippen LogP contribution in [0.25, 0.3) is 0 Å². The molecular formula is C19H21Cl2N3O2. The van der Waals surface area contributed by atoms with E-state index in [9.17, 15) is 4.79 Å². The Labute approximate surface area is 163 Å². The molecule has 7 heteroatoms. The predicted octanol–water partition coefficient (Wildman–Crippen LogP) is 4.08. The lowest BCUT2D eigenvalue weighted by Crippen LogP contribution is -2.43. The molecular weight excluding hydrogens is 373 g/mol. The lowest BCUT2D eigenvalue weighted by Gasteiger charge is -2.22. The van der Waals surface area contributed by atoms with Crippen LogP contribution < -0.4 is 20.3 Å². The SMILES string of the molecule is COc1ccc(Cl)cc1N1CCC(NC(=O)NCc2ccc(Cl)cc2)C1. The Morgan fingerprint density at radius 2 is 1.92 bits per heavy atom. The molecule has 0 radical (unpaired) electrons. The number of carbonyl (C=O) groups excluding carboxylic acids is 1. The zero-order chi connectivity index (χ0) is 18.5. The van der Waals surface area contributed by atoms with Crippen molar-refractivity contribution in [3.05, 3.63) is 58.1 Å². The monoisotopic (exact) mass is 393 g/mol. The van der Waals surface area contributed by atoms with Crippen LogP contribution in [0.4, 0.5) is 10.5 Å². The number of methoxy groups -OCH3 is 1. The van der Waals surface area contributed by atoms with Crippen molar-refractivity contribution < 1.29 is 9.53 Å². The van der Waals surface area contributed by atoms with E-state index in [1.54, 1.807) is 13.2 Å². The van der Waals surface area contributed by atoms with Crippen LogP contribution >= 0.6 is 23.2 Å². The number of halogens is 2. The number of anilines is 1. The zero-order valence-corrected chi connectivity index (χ0v) is 16.0. The minimum atomic E-state index is -0.176. The van der Waals surface area contributed by atoms with E-state index >= 15 is 0 Å². The van der Waals surface area contributed by atoms with E-state index in [2.05, 4.69) is 15.5 Å². The molecule has 1 atom stereocenters. The van der Waals surface area contributed by atoms with Crippen molar-refractivity contribution in [2.75, 3.05) is 25.1 Å². The van der Waals surface area contributed by atoms with E-state index in [0.717, 1.165) is 30.0 Å². The van der Waals surface area contributed by atoms with Gasteiger partial charge in [0.15, 0.2) is 0 Å². The minimum Gasteiger partial charge on any atom is -0.495 e. The molecule has 1 aliphatic rings. The number of carbonyl (C=O) groups is 1. The van der Waals surface area contributed by atoms with Crippen LogP contribution in [0.2, 0.25) is 10.0 Å². The Kier molecular flexibility index (Phi) is 6.12. The lowest BCUT2D eigenvalue weighted by molar-refractivity contribution is 0.237. The first kappa shape index (κ1) is 18.7. The molecule has 138 valence electrons. The normalized spacial score (nSPS) is 16.4. The quantitative estimate of drug-likeness (QED) is 0.804. The van der Waals surface area contributed by atoms with E-state index in [-0.39, 0.29) is 12.1 Å². The summed E-state index contributed by atoms with van der Waals surface area (Å²) in [4.78, 5) is 14.3. The van der Waals surface area contributed by atoms with Crippen molar-refractivity contribution >= 4 is 34.9 Å². The standard InChI is InChI=1S/C19H21Cl2N3O2/c1-26-18-7-6-15(21)10-17(18)24-9-8-16(12-24)23-19(25)22-11-13-2-4-14(20)5-3-13/h2-7,10,16H,8-9,11-12H2,1H3,(H2,22,23,25). The van der Waals surface area contributed by atoms with Crippen LogP contribution in [-0.2, 0) is 6.54 Å². The molecule has 2 aromatic carbocycles. The van der Waals surface area contributed by atoms with Crippen LogP contribution in [-0.4, -0.2) is 32.3 Å². The lowest BCUT2D eigenvalue weighted by atomic mass is 10.2. The van der Waals surface area contributed by atoms with E-state index in [1.165, 1.54) is 0 Å². The van der Waals surface area contributed by atoms with Crippen molar-refractivity contribution in [3.8, 4) is 5.75 Å². The molecule has 1 unspecified atom stereocenters. The number of benzene rings is 2. The Balaban J connectivity index is 1.52. The second-order valence-corrected chi connectivity index (χ2v) is 7.07. The van der Waals surface area contributed by atoms with Crippen LogP contribution in [0.15, 0.2) is 42.5 Å². The van der Waals surface area contributed by atoms with E-state index in [4.69, 9.17) is 27.9 Å². The molecule has 0 spiro atoms. The van der Waals surface area contributed by atoms with Crippen LogP contribution in [0, 0.1) is 0 Å². The van der Waals surface area contributed by atoms with Gasteiger partial charge in [0.25, 0.3) is 0 Å². The van der Waals surface area contributed by atoms with Crippen molar-refractivity contribution in [3.63, 3.8) is 0 Å². The third-order valence-electron chi connectivity index (χ3n) is 4.37. The molecule has 0 aliphatic carbocycles.